The Hall–Kier alpha value is -0.000519. The fraction of sp³-hybridized carbons (Fsp3) is 0.800. The molecule has 0 aliphatic heterocycles. The molecule has 0 saturated carbocycles. The van der Waals surface area contributed by atoms with Crippen LogP contribution in [0.15, 0.2) is 17.1 Å². The van der Waals surface area contributed by atoms with Gasteiger partial charge >= 0.3 is 139 Å². The Morgan fingerprint density at radius 3 is 1.95 bits per heavy atom. The van der Waals surface area contributed by atoms with Crippen molar-refractivity contribution < 1.29 is 0 Å². The van der Waals surface area contributed by atoms with E-state index >= 15 is 0 Å². The van der Waals surface area contributed by atoms with E-state index in [2.05, 4.69) is 30.9 Å². The van der Waals surface area contributed by atoms with Crippen LogP contribution in [-0.2, 0) is 6.42 Å². The van der Waals surface area contributed by atoms with Gasteiger partial charge in [-0.1, -0.05) is 0 Å². The number of unbranched alkanes of at least 4 members (excludes halogenated alkanes) is 8. The average molecular weight is 355 g/mol. The van der Waals surface area contributed by atoms with E-state index in [4.69, 9.17) is 0 Å². The molecule has 1 atom stereocenters. The van der Waals surface area contributed by atoms with Crippen molar-refractivity contribution >= 4 is 14.5 Å². The second-order valence-electron chi connectivity index (χ2n) is 6.56. The molecule has 0 amide bonds. The van der Waals surface area contributed by atoms with E-state index in [0.29, 0.717) is 14.5 Å². The first-order chi connectivity index (χ1) is 10.4. The van der Waals surface area contributed by atoms with Crippen LogP contribution < -0.4 is 0 Å². The van der Waals surface area contributed by atoms with Gasteiger partial charge in [0.2, 0.25) is 0 Å². The molecule has 0 aliphatic carbocycles. The van der Waals surface area contributed by atoms with Crippen molar-refractivity contribution in [3.8, 4) is 0 Å². The molecule has 1 unspecified atom stereocenters. The molecule has 0 aromatic carbocycles. The SMILES string of the molecule is CCCCCCCCC(CCCCCC)Cc1ccc[se]1. The molecule has 1 rings (SSSR count). The third-order valence-corrected chi connectivity index (χ3v) is 6.39. The molecular formula is C20H36Se. The Morgan fingerprint density at radius 2 is 1.38 bits per heavy atom. The van der Waals surface area contributed by atoms with Gasteiger partial charge in [-0.15, -0.1) is 0 Å². The molecule has 0 N–H and O–H groups in total. The summed E-state index contributed by atoms with van der Waals surface area (Å²) in [6.45, 7) is 4.61. The van der Waals surface area contributed by atoms with Crippen LogP contribution in [0.3, 0.4) is 0 Å². The topological polar surface area (TPSA) is 0 Å². The summed E-state index contributed by atoms with van der Waals surface area (Å²) in [6.07, 6.45) is 18.7. The van der Waals surface area contributed by atoms with Crippen molar-refractivity contribution in [2.24, 2.45) is 5.92 Å². The molecule has 0 nitrogen and oxygen atoms in total. The van der Waals surface area contributed by atoms with Crippen LogP contribution in [0.25, 0.3) is 0 Å². The van der Waals surface area contributed by atoms with E-state index < -0.39 is 0 Å². The number of hydrogen-bond acceptors (Lipinski definition) is 0. The van der Waals surface area contributed by atoms with Crippen LogP contribution in [0.1, 0.15) is 95.3 Å². The van der Waals surface area contributed by atoms with Crippen LogP contribution in [0.2, 0.25) is 0 Å². The summed E-state index contributed by atoms with van der Waals surface area (Å²) in [5.74, 6) is 0.973. The van der Waals surface area contributed by atoms with Gasteiger partial charge in [0.05, 0.1) is 0 Å². The van der Waals surface area contributed by atoms with Gasteiger partial charge in [-0.25, -0.2) is 0 Å². The molecule has 0 radical (unpaired) electrons. The van der Waals surface area contributed by atoms with E-state index in [1.165, 1.54) is 83.5 Å². The first kappa shape index (κ1) is 19.0. The summed E-state index contributed by atoms with van der Waals surface area (Å²) >= 11 is 0.683. The number of hydrogen-bond donors (Lipinski definition) is 0. The molecule has 1 heteroatoms. The van der Waals surface area contributed by atoms with E-state index in [0.717, 1.165) is 5.92 Å². The van der Waals surface area contributed by atoms with E-state index in [1.54, 1.807) is 4.44 Å². The number of rotatable bonds is 14. The summed E-state index contributed by atoms with van der Waals surface area (Å²) in [5, 5.41) is 0. The maximum absolute atomic E-state index is 2.39. The summed E-state index contributed by atoms with van der Waals surface area (Å²) in [4.78, 5) is 2.38. The van der Waals surface area contributed by atoms with Crippen LogP contribution in [0.4, 0.5) is 0 Å². The monoisotopic (exact) mass is 356 g/mol. The van der Waals surface area contributed by atoms with Crippen LogP contribution in [-0.4, -0.2) is 14.5 Å². The zero-order valence-electron chi connectivity index (χ0n) is 14.4. The Kier molecular flexibility index (Phi) is 12.4. The molecule has 1 aromatic rings. The maximum atomic E-state index is 2.39. The van der Waals surface area contributed by atoms with Crippen molar-refractivity contribution in [2.75, 3.05) is 0 Å². The van der Waals surface area contributed by atoms with Crippen LogP contribution >= 0.6 is 0 Å². The van der Waals surface area contributed by atoms with Gasteiger partial charge < -0.3 is 0 Å². The Labute approximate surface area is 139 Å². The normalized spacial score (nSPS) is 12.7. The van der Waals surface area contributed by atoms with E-state index in [1.807, 2.05) is 0 Å². The third kappa shape index (κ3) is 10.4. The van der Waals surface area contributed by atoms with Crippen molar-refractivity contribution in [1.82, 2.24) is 0 Å². The quantitative estimate of drug-likeness (QED) is 0.260. The van der Waals surface area contributed by atoms with Gasteiger partial charge in [0.15, 0.2) is 0 Å². The van der Waals surface area contributed by atoms with Crippen LogP contribution in [0, 0.1) is 5.92 Å². The zero-order valence-corrected chi connectivity index (χ0v) is 16.1. The second-order valence-corrected chi connectivity index (χ2v) is 8.72. The Bertz CT molecular complexity index is 302. The summed E-state index contributed by atoms with van der Waals surface area (Å²) in [7, 11) is 0. The molecule has 122 valence electrons. The second kappa shape index (κ2) is 13.6. The molecule has 0 spiro atoms. The molecule has 1 aromatic heterocycles. The Balaban J connectivity index is 2.19. The Morgan fingerprint density at radius 1 is 0.810 bits per heavy atom. The summed E-state index contributed by atoms with van der Waals surface area (Å²) < 4.78 is 1.74. The van der Waals surface area contributed by atoms with Gasteiger partial charge in [-0.05, 0) is 0 Å². The molecule has 0 saturated heterocycles. The van der Waals surface area contributed by atoms with E-state index in [9.17, 15) is 0 Å². The fourth-order valence-corrected chi connectivity index (χ4v) is 4.86. The van der Waals surface area contributed by atoms with Gasteiger partial charge in [0, 0.05) is 0 Å². The predicted molar refractivity (Wildman–Crippen MR) is 97.3 cm³/mol. The van der Waals surface area contributed by atoms with Gasteiger partial charge in [0.25, 0.3) is 0 Å². The van der Waals surface area contributed by atoms with Gasteiger partial charge in [0.1, 0.15) is 0 Å². The van der Waals surface area contributed by atoms with Crippen LogP contribution in [0.5, 0.6) is 0 Å². The van der Waals surface area contributed by atoms with Crippen molar-refractivity contribution in [2.45, 2.75) is 97.3 Å². The molecule has 0 aliphatic rings. The standard InChI is InChI=1S/C20H36Se/c1-3-5-7-9-10-12-15-19(14-11-8-6-4-2)18-20-16-13-17-21-20/h13,16-17,19H,3-12,14-15,18H2,1-2H3. The molecule has 0 bridgehead atoms. The van der Waals surface area contributed by atoms with Gasteiger partial charge in [-0.2, -0.15) is 0 Å². The first-order valence-corrected chi connectivity index (χ1v) is 11.2. The average Bonchev–Trinajstić information content (AvgIpc) is 2.99. The summed E-state index contributed by atoms with van der Waals surface area (Å²) in [5.41, 5.74) is 0. The van der Waals surface area contributed by atoms with E-state index in [-0.39, 0.29) is 0 Å². The zero-order chi connectivity index (χ0) is 15.2. The predicted octanol–water partition coefficient (Wildman–Crippen LogP) is 6.62. The molecular weight excluding hydrogens is 319 g/mol. The third-order valence-electron chi connectivity index (χ3n) is 4.50. The first-order valence-electron chi connectivity index (χ1n) is 9.39. The van der Waals surface area contributed by atoms with Crippen molar-refractivity contribution in [1.29, 1.82) is 0 Å². The van der Waals surface area contributed by atoms with Crippen molar-refractivity contribution in [3.05, 3.63) is 21.5 Å². The summed E-state index contributed by atoms with van der Waals surface area (Å²) in [6, 6.07) is 4.66. The van der Waals surface area contributed by atoms with Crippen molar-refractivity contribution in [3.63, 3.8) is 0 Å². The molecule has 0 fully saturated rings. The molecule has 1 heterocycles. The molecule has 21 heavy (non-hydrogen) atoms. The van der Waals surface area contributed by atoms with Gasteiger partial charge in [-0.3, -0.25) is 0 Å². The minimum absolute atomic E-state index is 0.683. The fourth-order valence-electron chi connectivity index (χ4n) is 3.13. The minimum atomic E-state index is 0.683.